The number of hydrogen-bond acceptors (Lipinski definition) is 5. The van der Waals surface area contributed by atoms with Crippen LogP contribution in [0.3, 0.4) is 0 Å². The molecule has 2 N–H and O–H groups in total. The summed E-state index contributed by atoms with van der Waals surface area (Å²) in [6.07, 6.45) is 0.609. The SMILES string of the molecule is CCOCCCNC(=NCc1ccc(OC)cc1)NCc1ccc(N2CCOC2=O)cc1.I. The largest absolute Gasteiger partial charge is 0.497 e. The minimum Gasteiger partial charge on any atom is -0.497 e. The van der Waals surface area contributed by atoms with Crippen molar-refractivity contribution in [3.63, 3.8) is 0 Å². The van der Waals surface area contributed by atoms with E-state index in [-0.39, 0.29) is 30.1 Å². The van der Waals surface area contributed by atoms with E-state index in [4.69, 9.17) is 19.2 Å². The quantitative estimate of drug-likeness (QED) is 0.185. The molecule has 1 saturated heterocycles. The molecule has 0 bridgehead atoms. The van der Waals surface area contributed by atoms with Crippen LogP contribution in [0.25, 0.3) is 0 Å². The molecular formula is C24H33IN4O4. The van der Waals surface area contributed by atoms with Gasteiger partial charge in [-0.2, -0.15) is 0 Å². The maximum Gasteiger partial charge on any atom is 0.414 e. The van der Waals surface area contributed by atoms with E-state index in [0.717, 1.165) is 54.7 Å². The molecule has 0 saturated carbocycles. The second kappa shape index (κ2) is 14.6. The first-order valence-electron chi connectivity index (χ1n) is 11.0. The van der Waals surface area contributed by atoms with Crippen LogP contribution < -0.4 is 20.3 Å². The Labute approximate surface area is 212 Å². The number of carbonyl (C=O) groups excluding carboxylic acids is 1. The number of nitrogens with one attached hydrogen (secondary N) is 2. The first-order chi connectivity index (χ1) is 15.7. The Balaban J connectivity index is 0.00000385. The molecule has 1 aliphatic rings. The van der Waals surface area contributed by atoms with Crippen LogP contribution in [-0.2, 0) is 22.6 Å². The van der Waals surface area contributed by atoms with E-state index in [2.05, 4.69) is 10.6 Å². The molecule has 1 amide bonds. The van der Waals surface area contributed by atoms with Gasteiger partial charge in [0.15, 0.2) is 5.96 Å². The highest BCUT2D eigenvalue weighted by Crippen LogP contribution is 2.19. The van der Waals surface area contributed by atoms with Gasteiger partial charge in [-0.05, 0) is 48.7 Å². The second-order valence-electron chi connectivity index (χ2n) is 7.28. The number of benzene rings is 2. The number of cyclic esters (lactones) is 1. The molecule has 0 aromatic heterocycles. The highest BCUT2D eigenvalue weighted by Gasteiger charge is 2.23. The third-order valence-electron chi connectivity index (χ3n) is 5.01. The molecule has 0 unspecified atom stereocenters. The summed E-state index contributed by atoms with van der Waals surface area (Å²) in [5.74, 6) is 1.57. The lowest BCUT2D eigenvalue weighted by Crippen LogP contribution is -2.37. The maximum absolute atomic E-state index is 11.7. The highest BCUT2D eigenvalue weighted by molar-refractivity contribution is 14.0. The molecule has 9 heteroatoms. The number of guanidine groups is 1. The summed E-state index contributed by atoms with van der Waals surface area (Å²) >= 11 is 0. The number of ether oxygens (including phenoxy) is 3. The van der Waals surface area contributed by atoms with Crippen LogP contribution in [-0.4, -0.2) is 52.1 Å². The number of amides is 1. The Bertz CT molecular complexity index is 875. The molecule has 1 heterocycles. The normalized spacial score (nSPS) is 13.3. The maximum atomic E-state index is 11.7. The molecule has 180 valence electrons. The second-order valence-corrected chi connectivity index (χ2v) is 7.28. The van der Waals surface area contributed by atoms with Gasteiger partial charge in [-0.15, -0.1) is 24.0 Å². The molecule has 2 aromatic carbocycles. The van der Waals surface area contributed by atoms with E-state index in [9.17, 15) is 4.79 Å². The van der Waals surface area contributed by atoms with Crippen molar-refractivity contribution >= 4 is 41.7 Å². The lowest BCUT2D eigenvalue weighted by Gasteiger charge is -2.15. The average molecular weight is 568 g/mol. The van der Waals surface area contributed by atoms with Crippen molar-refractivity contribution in [1.29, 1.82) is 0 Å². The zero-order valence-electron chi connectivity index (χ0n) is 19.2. The van der Waals surface area contributed by atoms with Gasteiger partial charge in [0.2, 0.25) is 0 Å². The summed E-state index contributed by atoms with van der Waals surface area (Å²) in [7, 11) is 1.66. The zero-order chi connectivity index (χ0) is 22.6. The summed E-state index contributed by atoms with van der Waals surface area (Å²) in [4.78, 5) is 18.1. The van der Waals surface area contributed by atoms with E-state index >= 15 is 0 Å². The number of hydrogen-bond donors (Lipinski definition) is 2. The Morgan fingerprint density at radius 2 is 1.82 bits per heavy atom. The number of methoxy groups -OCH3 is 1. The van der Waals surface area contributed by atoms with Crippen LogP contribution in [0.5, 0.6) is 5.75 Å². The van der Waals surface area contributed by atoms with Crippen LogP contribution in [0.15, 0.2) is 53.5 Å². The van der Waals surface area contributed by atoms with E-state index < -0.39 is 0 Å². The Hall–Kier alpha value is -2.53. The van der Waals surface area contributed by atoms with Crippen molar-refractivity contribution in [2.24, 2.45) is 4.99 Å². The molecular weight excluding hydrogens is 535 g/mol. The minimum atomic E-state index is -0.292. The van der Waals surface area contributed by atoms with E-state index in [1.165, 1.54) is 0 Å². The third-order valence-corrected chi connectivity index (χ3v) is 5.01. The Morgan fingerprint density at radius 3 is 2.45 bits per heavy atom. The molecule has 3 rings (SSSR count). The predicted molar refractivity (Wildman–Crippen MR) is 141 cm³/mol. The van der Waals surface area contributed by atoms with Gasteiger partial charge in [0.05, 0.1) is 20.2 Å². The standard InChI is InChI=1S/C24H32N4O4.HI/c1-3-31-15-4-13-25-23(27-18-20-7-11-22(30-2)12-8-20)26-17-19-5-9-21(10-6-19)28-14-16-32-24(28)29;/h5-12H,3-4,13-18H2,1-2H3,(H2,25,26,27);1H. The first kappa shape index (κ1) is 26.7. The Kier molecular flexibility index (Phi) is 11.8. The van der Waals surface area contributed by atoms with Gasteiger partial charge in [-0.1, -0.05) is 24.3 Å². The fourth-order valence-corrected chi connectivity index (χ4v) is 3.21. The fraction of sp³-hybridized carbons (Fsp3) is 0.417. The number of halogens is 1. The molecule has 33 heavy (non-hydrogen) atoms. The van der Waals surface area contributed by atoms with Crippen molar-refractivity contribution < 1.29 is 19.0 Å². The lowest BCUT2D eigenvalue weighted by atomic mass is 10.2. The molecule has 2 aromatic rings. The van der Waals surface area contributed by atoms with Crippen LogP contribution in [0.2, 0.25) is 0 Å². The topological polar surface area (TPSA) is 84.4 Å². The van der Waals surface area contributed by atoms with E-state index in [1.54, 1.807) is 12.0 Å². The molecule has 1 fully saturated rings. The summed E-state index contributed by atoms with van der Waals surface area (Å²) in [6.45, 7) is 6.40. The van der Waals surface area contributed by atoms with E-state index in [1.807, 2.05) is 55.5 Å². The lowest BCUT2D eigenvalue weighted by molar-refractivity contribution is 0.145. The van der Waals surface area contributed by atoms with Crippen molar-refractivity contribution in [1.82, 2.24) is 10.6 Å². The zero-order valence-corrected chi connectivity index (χ0v) is 21.5. The van der Waals surface area contributed by atoms with Crippen LogP contribution in [0.1, 0.15) is 24.5 Å². The molecule has 0 radical (unpaired) electrons. The van der Waals surface area contributed by atoms with Crippen molar-refractivity contribution in [3.8, 4) is 5.75 Å². The van der Waals surface area contributed by atoms with Crippen molar-refractivity contribution in [3.05, 3.63) is 59.7 Å². The molecule has 8 nitrogen and oxygen atoms in total. The monoisotopic (exact) mass is 568 g/mol. The first-order valence-corrected chi connectivity index (χ1v) is 11.0. The molecule has 0 aliphatic carbocycles. The van der Waals surface area contributed by atoms with Crippen LogP contribution >= 0.6 is 24.0 Å². The van der Waals surface area contributed by atoms with Crippen molar-refractivity contribution in [2.45, 2.75) is 26.4 Å². The fourth-order valence-electron chi connectivity index (χ4n) is 3.21. The number of carbonyl (C=O) groups is 1. The average Bonchev–Trinajstić information content (AvgIpc) is 3.26. The van der Waals surface area contributed by atoms with Gasteiger partial charge in [-0.25, -0.2) is 9.79 Å². The summed E-state index contributed by atoms with van der Waals surface area (Å²) in [6, 6.07) is 15.8. The van der Waals surface area contributed by atoms with Gasteiger partial charge in [0, 0.05) is 32.0 Å². The summed E-state index contributed by atoms with van der Waals surface area (Å²) < 4.78 is 15.6. The smallest absolute Gasteiger partial charge is 0.414 e. The molecule has 0 atom stereocenters. The highest BCUT2D eigenvalue weighted by atomic mass is 127. The number of anilines is 1. The van der Waals surface area contributed by atoms with Gasteiger partial charge in [-0.3, -0.25) is 4.90 Å². The van der Waals surface area contributed by atoms with Crippen LogP contribution in [0.4, 0.5) is 10.5 Å². The number of aliphatic imine (C=N–C) groups is 1. The van der Waals surface area contributed by atoms with Gasteiger partial charge in [0.25, 0.3) is 0 Å². The number of rotatable bonds is 11. The van der Waals surface area contributed by atoms with E-state index in [0.29, 0.717) is 26.2 Å². The van der Waals surface area contributed by atoms with Gasteiger partial charge in [0.1, 0.15) is 12.4 Å². The predicted octanol–water partition coefficient (Wildman–Crippen LogP) is 3.93. The van der Waals surface area contributed by atoms with Gasteiger partial charge >= 0.3 is 6.09 Å². The third kappa shape index (κ3) is 8.73. The summed E-state index contributed by atoms with van der Waals surface area (Å²) in [5, 5.41) is 6.75. The number of nitrogens with zero attached hydrogens (tertiary/aromatic N) is 2. The Morgan fingerprint density at radius 1 is 1.09 bits per heavy atom. The molecule has 0 spiro atoms. The van der Waals surface area contributed by atoms with Gasteiger partial charge < -0.3 is 24.8 Å². The van der Waals surface area contributed by atoms with Crippen LogP contribution in [0, 0.1) is 0 Å². The minimum absolute atomic E-state index is 0. The summed E-state index contributed by atoms with van der Waals surface area (Å²) in [5.41, 5.74) is 3.04. The van der Waals surface area contributed by atoms with Crippen molar-refractivity contribution in [2.75, 3.05) is 44.9 Å². The molecule has 1 aliphatic heterocycles.